The molecule has 154 valence electrons. The van der Waals surface area contributed by atoms with Crippen LogP contribution >= 0.6 is 0 Å². The summed E-state index contributed by atoms with van der Waals surface area (Å²) in [5.74, 6) is 0.877. The number of hydrogen-bond acceptors (Lipinski definition) is 4. The van der Waals surface area contributed by atoms with Crippen LogP contribution in [-0.4, -0.2) is 30.3 Å². The Labute approximate surface area is 176 Å². The van der Waals surface area contributed by atoms with E-state index in [2.05, 4.69) is 40.2 Å². The van der Waals surface area contributed by atoms with Crippen molar-refractivity contribution in [1.29, 1.82) is 0 Å². The topological polar surface area (TPSA) is 75.3 Å². The molecule has 3 N–H and O–H groups in total. The fraction of sp³-hybridized carbons (Fsp3) is 0.333. The van der Waals surface area contributed by atoms with E-state index in [1.807, 2.05) is 30.3 Å². The fourth-order valence-electron chi connectivity index (χ4n) is 4.36. The number of amides is 2. The highest BCUT2D eigenvalue weighted by molar-refractivity contribution is 5.93. The molecular weight excluding hydrogens is 376 g/mol. The average Bonchev–Trinajstić information content (AvgIpc) is 3.17. The third-order valence-electron chi connectivity index (χ3n) is 5.96. The number of benzene rings is 2. The number of pyridine rings is 1. The Morgan fingerprint density at radius 1 is 1.00 bits per heavy atom. The molecule has 30 heavy (non-hydrogen) atoms. The number of fused-ring (bicyclic) bond motifs is 2. The minimum atomic E-state index is -0.174. The Balaban J connectivity index is 1.25. The second kappa shape index (κ2) is 8.32. The molecule has 0 radical (unpaired) electrons. The van der Waals surface area contributed by atoms with Gasteiger partial charge in [0.1, 0.15) is 5.82 Å². The summed E-state index contributed by atoms with van der Waals surface area (Å²) in [6.07, 6.45) is 3.91. The van der Waals surface area contributed by atoms with Gasteiger partial charge >= 0.3 is 6.03 Å². The summed E-state index contributed by atoms with van der Waals surface area (Å²) in [6, 6.07) is 18.8. The maximum atomic E-state index is 12.3. The van der Waals surface area contributed by atoms with Crippen molar-refractivity contribution >= 4 is 28.4 Å². The fourth-order valence-corrected chi connectivity index (χ4v) is 4.36. The lowest BCUT2D eigenvalue weighted by Gasteiger charge is -2.23. The third kappa shape index (κ3) is 4.09. The number of rotatable bonds is 4. The van der Waals surface area contributed by atoms with Crippen molar-refractivity contribution in [3.05, 3.63) is 65.7 Å². The van der Waals surface area contributed by atoms with Crippen molar-refractivity contribution in [2.45, 2.75) is 37.8 Å². The number of carbonyl (C=O) groups is 1. The maximum Gasteiger partial charge on any atom is 0.319 e. The van der Waals surface area contributed by atoms with E-state index in [1.165, 1.54) is 11.1 Å². The van der Waals surface area contributed by atoms with Gasteiger partial charge < -0.3 is 20.7 Å². The average molecular weight is 402 g/mol. The normalized spacial score (nSPS) is 18.7. The highest BCUT2D eigenvalue weighted by atomic mass is 16.5. The Morgan fingerprint density at radius 2 is 1.87 bits per heavy atom. The molecule has 2 aromatic carbocycles. The number of aryl methyl sites for hydroxylation is 1. The van der Waals surface area contributed by atoms with Crippen LogP contribution in [0.4, 0.5) is 16.3 Å². The molecule has 6 nitrogen and oxygen atoms in total. The largest absolute Gasteiger partial charge is 0.381 e. The molecule has 3 aromatic rings. The minimum Gasteiger partial charge on any atom is -0.381 e. The quantitative estimate of drug-likeness (QED) is 0.595. The molecule has 0 spiro atoms. The van der Waals surface area contributed by atoms with E-state index in [0.29, 0.717) is 19.3 Å². The predicted octanol–water partition coefficient (Wildman–Crippen LogP) is 4.63. The zero-order valence-corrected chi connectivity index (χ0v) is 16.9. The zero-order valence-electron chi connectivity index (χ0n) is 16.9. The first kappa shape index (κ1) is 18.9. The molecule has 2 heterocycles. The van der Waals surface area contributed by atoms with E-state index in [9.17, 15) is 4.79 Å². The minimum absolute atomic E-state index is 0.174. The van der Waals surface area contributed by atoms with Crippen LogP contribution in [0.5, 0.6) is 0 Å². The van der Waals surface area contributed by atoms with E-state index in [1.54, 1.807) is 0 Å². The third-order valence-corrected chi connectivity index (χ3v) is 5.96. The van der Waals surface area contributed by atoms with Crippen LogP contribution < -0.4 is 16.0 Å². The number of anilines is 2. The number of urea groups is 1. The zero-order chi connectivity index (χ0) is 20.3. The summed E-state index contributed by atoms with van der Waals surface area (Å²) in [6.45, 7) is 1.41. The molecule has 1 aromatic heterocycles. The summed E-state index contributed by atoms with van der Waals surface area (Å²) in [4.78, 5) is 17.0. The molecule has 1 saturated heterocycles. The van der Waals surface area contributed by atoms with Gasteiger partial charge in [-0.05, 0) is 67.1 Å². The van der Waals surface area contributed by atoms with Crippen LogP contribution in [0.25, 0.3) is 10.9 Å². The van der Waals surface area contributed by atoms with Gasteiger partial charge in [-0.3, -0.25) is 0 Å². The van der Waals surface area contributed by atoms with Crippen LogP contribution in [0.2, 0.25) is 0 Å². The van der Waals surface area contributed by atoms with Gasteiger partial charge in [0.15, 0.2) is 0 Å². The molecule has 1 fully saturated rings. The van der Waals surface area contributed by atoms with Gasteiger partial charge in [-0.15, -0.1) is 0 Å². The van der Waals surface area contributed by atoms with Gasteiger partial charge in [-0.2, -0.15) is 0 Å². The number of carbonyl (C=O) groups excluding carboxylic acids is 1. The lowest BCUT2D eigenvalue weighted by atomic mass is 10.1. The van der Waals surface area contributed by atoms with E-state index < -0.39 is 0 Å². The molecule has 6 heteroatoms. The smallest absolute Gasteiger partial charge is 0.319 e. The van der Waals surface area contributed by atoms with Crippen LogP contribution in [0, 0.1) is 0 Å². The first-order valence-corrected chi connectivity index (χ1v) is 10.6. The highest BCUT2D eigenvalue weighted by Gasteiger charge is 2.22. The van der Waals surface area contributed by atoms with Crippen molar-refractivity contribution in [2.24, 2.45) is 0 Å². The Kier molecular flexibility index (Phi) is 5.24. The number of hydrogen-bond donors (Lipinski definition) is 3. The van der Waals surface area contributed by atoms with Crippen LogP contribution in [-0.2, 0) is 11.2 Å². The number of aromatic nitrogens is 1. The molecular formula is C24H26N4O2. The monoisotopic (exact) mass is 402 g/mol. The summed E-state index contributed by atoms with van der Waals surface area (Å²) >= 11 is 0. The van der Waals surface area contributed by atoms with E-state index in [4.69, 9.17) is 9.72 Å². The van der Waals surface area contributed by atoms with E-state index in [-0.39, 0.29) is 12.1 Å². The molecule has 1 aliphatic carbocycles. The van der Waals surface area contributed by atoms with E-state index in [0.717, 1.165) is 48.1 Å². The molecule has 1 atom stereocenters. The van der Waals surface area contributed by atoms with Crippen molar-refractivity contribution in [1.82, 2.24) is 10.3 Å². The van der Waals surface area contributed by atoms with Crippen molar-refractivity contribution < 1.29 is 9.53 Å². The van der Waals surface area contributed by atoms with Crippen molar-refractivity contribution in [2.75, 3.05) is 23.8 Å². The maximum absolute atomic E-state index is 12.3. The lowest BCUT2D eigenvalue weighted by Crippen LogP contribution is -2.41. The van der Waals surface area contributed by atoms with Gasteiger partial charge in [-0.25, -0.2) is 9.78 Å². The molecule has 2 aliphatic rings. The molecule has 1 aliphatic heterocycles. The van der Waals surface area contributed by atoms with Crippen molar-refractivity contribution in [3.63, 3.8) is 0 Å². The molecule has 5 rings (SSSR count). The van der Waals surface area contributed by atoms with Crippen molar-refractivity contribution in [3.8, 4) is 0 Å². The number of ether oxygens (including phenoxy) is 1. The van der Waals surface area contributed by atoms with Gasteiger partial charge in [0.05, 0.1) is 11.6 Å². The Bertz CT molecular complexity index is 1060. The second-order valence-corrected chi connectivity index (χ2v) is 8.02. The molecule has 0 unspecified atom stereocenters. The van der Waals surface area contributed by atoms with Crippen LogP contribution in [0.15, 0.2) is 54.6 Å². The van der Waals surface area contributed by atoms with Crippen LogP contribution in [0.1, 0.15) is 36.4 Å². The standard InChI is InChI=1S/C24H26N4O2/c29-24(25-18-11-13-30-14-12-18)26-19-7-9-21-17(15-19)6-10-23(27-21)28-22-8-5-16-3-1-2-4-20(16)22/h1-4,6-7,9-10,15,18,22H,5,8,11-14H2,(H,27,28)(H2,25,26,29)/t22-/m1/s1. The molecule has 2 amide bonds. The lowest BCUT2D eigenvalue weighted by molar-refractivity contribution is 0.0806. The Hall–Kier alpha value is -3.12. The first-order chi connectivity index (χ1) is 14.7. The second-order valence-electron chi connectivity index (χ2n) is 8.02. The van der Waals surface area contributed by atoms with Gasteiger partial charge in [0.25, 0.3) is 0 Å². The van der Waals surface area contributed by atoms with E-state index >= 15 is 0 Å². The molecule has 0 bridgehead atoms. The number of nitrogens with one attached hydrogen (secondary N) is 3. The van der Waals surface area contributed by atoms with Gasteiger partial charge in [-0.1, -0.05) is 24.3 Å². The summed E-state index contributed by atoms with van der Waals surface area (Å²) < 4.78 is 5.33. The SMILES string of the molecule is O=C(Nc1ccc2nc(N[C@@H]3CCc4ccccc43)ccc2c1)NC1CCOCC1. The number of nitrogens with zero attached hydrogens (tertiary/aromatic N) is 1. The predicted molar refractivity (Wildman–Crippen MR) is 119 cm³/mol. The van der Waals surface area contributed by atoms with Crippen LogP contribution in [0.3, 0.4) is 0 Å². The first-order valence-electron chi connectivity index (χ1n) is 10.6. The summed E-state index contributed by atoms with van der Waals surface area (Å²) in [5.41, 5.74) is 4.46. The summed E-state index contributed by atoms with van der Waals surface area (Å²) in [7, 11) is 0. The van der Waals surface area contributed by atoms with Gasteiger partial charge in [0.2, 0.25) is 0 Å². The highest BCUT2D eigenvalue weighted by Crippen LogP contribution is 2.33. The summed E-state index contributed by atoms with van der Waals surface area (Å²) in [5, 5.41) is 10.5. The van der Waals surface area contributed by atoms with Gasteiger partial charge in [0, 0.05) is 30.3 Å². The molecule has 0 saturated carbocycles. The Morgan fingerprint density at radius 3 is 2.77 bits per heavy atom.